The quantitative estimate of drug-likeness (QED) is 0.552. The van der Waals surface area contributed by atoms with Gasteiger partial charge in [0.15, 0.2) is 0 Å². The van der Waals surface area contributed by atoms with Gasteiger partial charge >= 0.3 is 0 Å². The van der Waals surface area contributed by atoms with E-state index in [0.29, 0.717) is 0 Å². The number of ether oxygens (including phenoxy) is 1. The molecule has 1 nitrogen and oxygen atoms in total. The van der Waals surface area contributed by atoms with E-state index in [4.69, 9.17) is 4.74 Å². The van der Waals surface area contributed by atoms with Crippen LogP contribution >= 0.6 is 22.6 Å². The molecule has 0 radical (unpaired) electrons. The number of hydrogen-bond donors (Lipinski definition) is 0. The first-order chi connectivity index (χ1) is 5.22. The van der Waals surface area contributed by atoms with Gasteiger partial charge in [-0.05, 0) is 25.7 Å². The first-order valence-electron chi connectivity index (χ1n) is 4.50. The van der Waals surface area contributed by atoms with Crippen LogP contribution in [0.3, 0.4) is 0 Å². The maximum Gasteiger partial charge on any atom is 0.0687 e. The molecule has 66 valence electrons. The van der Waals surface area contributed by atoms with Gasteiger partial charge in [0, 0.05) is 10.5 Å². The molecular formula is C9H17IO. The normalized spacial score (nSPS) is 30.3. The Hall–Kier alpha value is 0.690. The van der Waals surface area contributed by atoms with Crippen molar-refractivity contribution in [2.45, 2.75) is 49.1 Å². The van der Waals surface area contributed by atoms with Gasteiger partial charge in [-0.25, -0.2) is 0 Å². The Morgan fingerprint density at radius 3 is 2.45 bits per heavy atom. The summed E-state index contributed by atoms with van der Waals surface area (Å²) in [6.07, 6.45) is 4.83. The van der Waals surface area contributed by atoms with Crippen molar-refractivity contribution in [3.05, 3.63) is 0 Å². The zero-order valence-corrected chi connectivity index (χ0v) is 9.56. The van der Waals surface area contributed by atoms with Gasteiger partial charge in [0.05, 0.1) is 5.60 Å². The predicted molar refractivity (Wildman–Crippen MR) is 56.3 cm³/mol. The Balaban J connectivity index is 2.52. The van der Waals surface area contributed by atoms with E-state index >= 15 is 0 Å². The molecule has 0 aliphatic carbocycles. The van der Waals surface area contributed by atoms with E-state index < -0.39 is 0 Å². The summed E-state index contributed by atoms with van der Waals surface area (Å²) in [7, 11) is 0. The fraction of sp³-hybridized carbons (Fsp3) is 1.00. The standard InChI is InChI=1S/C9H17IO/c1-3-9(4-2)7-8(10)5-6-11-9/h8H,3-7H2,1-2H3/t8-/m0/s1. The molecule has 0 N–H and O–H groups in total. The van der Waals surface area contributed by atoms with E-state index in [1.54, 1.807) is 0 Å². The molecule has 1 heterocycles. The second-order valence-electron chi connectivity index (χ2n) is 3.33. The van der Waals surface area contributed by atoms with Gasteiger partial charge in [0.1, 0.15) is 0 Å². The Morgan fingerprint density at radius 2 is 2.09 bits per heavy atom. The van der Waals surface area contributed by atoms with E-state index in [9.17, 15) is 0 Å². The van der Waals surface area contributed by atoms with Gasteiger partial charge in [-0.3, -0.25) is 0 Å². The SMILES string of the molecule is CCC1(CC)C[C@@H](I)CCO1. The van der Waals surface area contributed by atoms with Gasteiger partial charge in [0.2, 0.25) is 0 Å². The lowest BCUT2D eigenvalue weighted by Gasteiger charge is -2.38. The fourth-order valence-corrected chi connectivity index (χ4v) is 2.77. The highest BCUT2D eigenvalue weighted by Crippen LogP contribution is 2.34. The van der Waals surface area contributed by atoms with Crippen molar-refractivity contribution in [2.24, 2.45) is 0 Å². The predicted octanol–water partition coefficient (Wildman–Crippen LogP) is 3.16. The van der Waals surface area contributed by atoms with E-state index in [1.807, 2.05) is 0 Å². The van der Waals surface area contributed by atoms with Crippen LogP contribution in [0.25, 0.3) is 0 Å². The zero-order valence-electron chi connectivity index (χ0n) is 7.40. The van der Waals surface area contributed by atoms with Crippen LogP contribution in [-0.4, -0.2) is 16.1 Å². The lowest BCUT2D eigenvalue weighted by Crippen LogP contribution is -2.38. The molecule has 0 aromatic carbocycles. The van der Waals surface area contributed by atoms with Crippen molar-refractivity contribution in [1.82, 2.24) is 0 Å². The Bertz CT molecular complexity index is 121. The molecular weight excluding hydrogens is 251 g/mol. The molecule has 2 heteroatoms. The summed E-state index contributed by atoms with van der Waals surface area (Å²) in [5.74, 6) is 0. The van der Waals surface area contributed by atoms with Crippen molar-refractivity contribution in [2.75, 3.05) is 6.61 Å². The van der Waals surface area contributed by atoms with Crippen LogP contribution in [0.15, 0.2) is 0 Å². The Kier molecular flexibility index (Phi) is 3.62. The van der Waals surface area contributed by atoms with E-state index in [2.05, 4.69) is 36.4 Å². The first-order valence-corrected chi connectivity index (χ1v) is 5.75. The van der Waals surface area contributed by atoms with Crippen molar-refractivity contribution in [1.29, 1.82) is 0 Å². The molecule has 1 saturated heterocycles. The van der Waals surface area contributed by atoms with Crippen LogP contribution in [0.4, 0.5) is 0 Å². The van der Waals surface area contributed by atoms with E-state index in [0.717, 1.165) is 10.5 Å². The van der Waals surface area contributed by atoms with Gasteiger partial charge < -0.3 is 4.74 Å². The molecule has 1 atom stereocenters. The maximum absolute atomic E-state index is 5.83. The number of hydrogen-bond acceptors (Lipinski definition) is 1. The lowest BCUT2D eigenvalue weighted by atomic mass is 9.89. The van der Waals surface area contributed by atoms with Gasteiger partial charge in [-0.15, -0.1) is 0 Å². The molecule has 1 rings (SSSR count). The fourth-order valence-electron chi connectivity index (χ4n) is 1.71. The van der Waals surface area contributed by atoms with Crippen LogP contribution in [0.5, 0.6) is 0 Å². The smallest absolute Gasteiger partial charge is 0.0687 e. The molecule has 0 amide bonds. The molecule has 0 saturated carbocycles. The summed E-state index contributed by atoms with van der Waals surface area (Å²) in [4.78, 5) is 0. The summed E-state index contributed by atoms with van der Waals surface area (Å²) in [6, 6.07) is 0. The Morgan fingerprint density at radius 1 is 1.45 bits per heavy atom. The third kappa shape index (κ3) is 2.31. The maximum atomic E-state index is 5.83. The molecule has 0 unspecified atom stereocenters. The monoisotopic (exact) mass is 268 g/mol. The Labute approximate surface area is 83.0 Å². The highest BCUT2D eigenvalue weighted by Gasteiger charge is 2.33. The average molecular weight is 268 g/mol. The summed E-state index contributed by atoms with van der Waals surface area (Å²) in [5.41, 5.74) is 0.226. The topological polar surface area (TPSA) is 9.23 Å². The number of rotatable bonds is 2. The van der Waals surface area contributed by atoms with Crippen molar-refractivity contribution in [3.8, 4) is 0 Å². The van der Waals surface area contributed by atoms with E-state index in [1.165, 1.54) is 25.7 Å². The number of halogens is 1. The summed E-state index contributed by atoms with van der Waals surface area (Å²) in [5, 5.41) is 0. The van der Waals surface area contributed by atoms with Crippen molar-refractivity contribution >= 4 is 22.6 Å². The second-order valence-corrected chi connectivity index (χ2v) is 5.09. The zero-order chi connectivity index (χ0) is 8.32. The van der Waals surface area contributed by atoms with Gasteiger partial charge in [0.25, 0.3) is 0 Å². The molecule has 11 heavy (non-hydrogen) atoms. The molecule has 1 fully saturated rings. The third-order valence-electron chi connectivity index (χ3n) is 2.72. The highest BCUT2D eigenvalue weighted by molar-refractivity contribution is 14.1. The lowest BCUT2D eigenvalue weighted by molar-refractivity contribution is -0.0787. The van der Waals surface area contributed by atoms with E-state index in [-0.39, 0.29) is 5.60 Å². The molecule has 0 aromatic rings. The largest absolute Gasteiger partial charge is 0.375 e. The highest BCUT2D eigenvalue weighted by atomic mass is 127. The van der Waals surface area contributed by atoms with Crippen LogP contribution in [0.1, 0.15) is 39.5 Å². The molecule has 0 spiro atoms. The summed E-state index contributed by atoms with van der Waals surface area (Å²) >= 11 is 2.55. The molecule has 1 aliphatic rings. The van der Waals surface area contributed by atoms with Crippen LogP contribution < -0.4 is 0 Å². The summed E-state index contributed by atoms with van der Waals surface area (Å²) in [6.45, 7) is 5.44. The minimum Gasteiger partial charge on any atom is -0.375 e. The summed E-state index contributed by atoms with van der Waals surface area (Å²) < 4.78 is 6.66. The van der Waals surface area contributed by atoms with Crippen LogP contribution in [0, 0.1) is 0 Å². The minimum atomic E-state index is 0.226. The molecule has 1 aliphatic heterocycles. The number of alkyl halides is 1. The first kappa shape index (κ1) is 9.78. The van der Waals surface area contributed by atoms with Gasteiger partial charge in [-0.2, -0.15) is 0 Å². The van der Waals surface area contributed by atoms with Crippen molar-refractivity contribution in [3.63, 3.8) is 0 Å². The third-order valence-corrected chi connectivity index (χ3v) is 3.78. The van der Waals surface area contributed by atoms with Crippen LogP contribution in [0.2, 0.25) is 0 Å². The minimum absolute atomic E-state index is 0.226. The second kappa shape index (κ2) is 4.08. The molecule has 0 bridgehead atoms. The van der Waals surface area contributed by atoms with Gasteiger partial charge in [-0.1, -0.05) is 36.4 Å². The van der Waals surface area contributed by atoms with Crippen LogP contribution in [-0.2, 0) is 4.74 Å². The average Bonchev–Trinajstić information content (AvgIpc) is 2.04. The van der Waals surface area contributed by atoms with Crippen molar-refractivity contribution < 1.29 is 4.74 Å². The molecule has 0 aromatic heterocycles.